The van der Waals surface area contributed by atoms with Crippen LogP contribution in [0.3, 0.4) is 0 Å². The van der Waals surface area contributed by atoms with Crippen LogP contribution in [0.4, 0.5) is 5.69 Å². The van der Waals surface area contributed by atoms with Gasteiger partial charge in [0.2, 0.25) is 0 Å². The zero-order valence-electron chi connectivity index (χ0n) is 16.4. The van der Waals surface area contributed by atoms with Crippen molar-refractivity contribution < 1.29 is 14.3 Å². The number of rotatable bonds is 6. The van der Waals surface area contributed by atoms with E-state index in [0.717, 1.165) is 11.4 Å². The van der Waals surface area contributed by atoms with Crippen LogP contribution in [0.2, 0.25) is 0 Å². The van der Waals surface area contributed by atoms with Crippen molar-refractivity contribution in [1.29, 1.82) is 0 Å². The molecule has 3 aromatic carbocycles. The number of carbonyl (C=O) groups is 1. The molecule has 0 bridgehead atoms. The summed E-state index contributed by atoms with van der Waals surface area (Å²) in [5.41, 5.74) is 2.05. The summed E-state index contributed by atoms with van der Waals surface area (Å²) in [5, 5.41) is 2.85. The molecule has 0 fully saturated rings. The Bertz CT molecular complexity index is 913. The number of para-hydroxylation sites is 1. The molecular weight excluding hydrogens is 350 g/mol. The Balaban J connectivity index is 1.54. The van der Waals surface area contributed by atoms with E-state index in [2.05, 4.69) is 26.1 Å². The molecule has 0 radical (unpaired) electrons. The summed E-state index contributed by atoms with van der Waals surface area (Å²) in [6.45, 7) is 6.40. The highest BCUT2D eigenvalue weighted by Gasteiger charge is 2.13. The van der Waals surface area contributed by atoms with Gasteiger partial charge in [0.1, 0.15) is 17.2 Å². The van der Waals surface area contributed by atoms with Gasteiger partial charge in [-0.25, -0.2) is 0 Å². The molecule has 0 spiro atoms. The number of nitrogens with one attached hydrogen (secondary N) is 1. The van der Waals surface area contributed by atoms with E-state index < -0.39 is 0 Å². The van der Waals surface area contributed by atoms with E-state index in [9.17, 15) is 4.79 Å². The lowest BCUT2D eigenvalue weighted by Crippen LogP contribution is -2.20. The Labute approximate surface area is 166 Å². The Morgan fingerprint density at radius 1 is 0.821 bits per heavy atom. The summed E-state index contributed by atoms with van der Waals surface area (Å²) < 4.78 is 11.4. The van der Waals surface area contributed by atoms with Gasteiger partial charge in [0, 0.05) is 11.8 Å². The minimum absolute atomic E-state index is 0.0736. The summed E-state index contributed by atoms with van der Waals surface area (Å²) in [5.74, 6) is 1.77. The van der Waals surface area contributed by atoms with Crippen LogP contribution in [0.15, 0.2) is 78.9 Å². The van der Waals surface area contributed by atoms with Crippen molar-refractivity contribution in [3.8, 4) is 17.2 Å². The zero-order chi connectivity index (χ0) is 20.0. The standard InChI is InChI=1S/C24H25NO3/c1-24(2,3)18-12-14-19(15-13-18)25-23(26)17-27-21-10-7-11-22(16-21)28-20-8-5-4-6-9-20/h4-16H,17H2,1-3H3,(H,25,26). The molecule has 144 valence electrons. The Kier molecular flexibility index (Phi) is 5.99. The first-order valence-corrected chi connectivity index (χ1v) is 9.26. The molecule has 0 aliphatic carbocycles. The van der Waals surface area contributed by atoms with E-state index in [1.165, 1.54) is 5.56 Å². The SMILES string of the molecule is CC(C)(C)c1ccc(NC(=O)COc2cccc(Oc3ccccc3)c2)cc1. The highest BCUT2D eigenvalue weighted by Crippen LogP contribution is 2.25. The van der Waals surface area contributed by atoms with Gasteiger partial charge in [-0.2, -0.15) is 0 Å². The van der Waals surface area contributed by atoms with Gasteiger partial charge in [-0.3, -0.25) is 4.79 Å². The van der Waals surface area contributed by atoms with Gasteiger partial charge in [0.25, 0.3) is 5.91 Å². The lowest BCUT2D eigenvalue weighted by Gasteiger charge is -2.19. The monoisotopic (exact) mass is 375 g/mol. The van der Waals surface area contributed by atoms with Gasteiger partial charge in [0.05, 0.1) is 0 Å². The summed E-state index contributed by atoms with van der Waals surface area (Å²) in [6.07, 6.45) is 0. The van der Waals surface area contributed by atoms with Crippen LogP contribution < -0.4 is 14.8 Å². The van der Waals surface area contributed by atoms with Crippen molar-refractivity contribution in [2.45, 2.75) is 26.2 Å². The van der Waals surface area contributed by atoms with E-state index in [1.807, 2.05) is 66.7 Å². The van der Waals surface area contributed by atoms with Gasteiger partial charge in [-0.15, -0.1) is 0 Å². The fourth-order valence-electron chi connectivity index (χ4n) is 2.65. The van der Waals surface area contributed by atoms with Gasteiger partial charge in [-0.05, 0) is 47.4 Å². The van der Waals surface area contributed by atoms with Crippen LogP contribution in [0.5, 0.6) is 17.2 Å². The highest BCUT2D eigenvalue weighted by atomic mass is 16.5. The fourth-order valence-corrected chi connectivity index (χ4v) is 2.65. The molecule has 28 heavy (non-hydrogen) atoms. The van der Waals surface area contributed by atoms with Crippen LogP contribution in [0.1, 0.15) is 26.3 Å². The molecule has 0 unspecified atom stereocenters. The number of benzene rings is 3. The maximum Gasteiger partial charge on any atom is 0.262 e. The molecule has 0 heterocycles. The second-order valence-electron chi connectivity index (χ2n) is 7.55. The van der Waals surface area contributed by atoms with E-state index in [-0.39, 0.29) is 17.9 Å². The minimum atomic E-state index is -0.210. The van der Waals surface area contributed by atoms with Gasteiger partial charge in [0.15, 0.2) is 6.61 Å². The number of amides is 1. The van der Waals surface area contributed by atoms with Crippen LogP contribution in [0.25, 0.3) is 0 Å². The summed E-state index contributed by atoms with van der Waals surface area (Å²) in [6, 6.07) is 24.6. The first-order chi connectivity index (χ1) is 13.4. The van der Waals surface area contributed by atoms with Crippen molar-refractivity contribution in [3.63, 3.8) is 0 Å². The Hall–Kier alpha value is -3.27. The minimum Gasteiger partial charge on any atom is -0.484 e. The third-order valence-corrected chi connectivity index (χ3v) is 4.19. The molecule has 4 heteroatoms. The van der Waals surface area contributed by atoms with Crippen molar-refractivity contribution in [3.05, 3.63) is 84.4 Å². The first-order valence-electron chi connectivity index (χ1n) is 9.26. The number of carbonyl (C=O) groups excluding carboxylic acids is 1. The molecule has 1 amide bonds. The lowest BCUT2D eigenvalue weighted by atomic mass is 9.87. The van der Waals surface area contributed by atoms with E-state index in [4.69, 9.17) is 9.47 Å². The Morgan fingerprint density at radius 3 is 2.14 bits per heavy atom. The maximum atomic E-state index is 12.2. The molecule has 0 aliphatic rings. The van der Waals surface area contributed by atoms with Crippen LogP contribution in [-0.2, 0) is 10.2 Å². The van der Waals surface area contributed by atoms with E-state index in [1.54, 1.807) is 12.1 Å². The number of ether oxygens (including phenoxy) is 2. The highest BCUT2D eigenvalue weighted by molar-refractivity contribution is 5.91. The fraction of sp³-hybridized carbons (Fsp3) is 0.208. The van der Waals surface area contributed by atoms with Crippen molar-refractivity contribution in [1.82, 2.24) is 0 Å². The third kappa shape index (κ3) is 5.61. The van der Waals surface area contributed by atoms with Crippen LogP contribution in [0, 0.1) is 0 Å². The van der Waals surface area contributed by atoms with Crippen molar-refractivity contribution in [2.75, 3.05) is 11.9 Å². The average molecular weight is 375 g/mol. The predicted octanol–water partition coefficient (Wildman–Crippen LogP) is 5.79. The predicted molar refractivity (Wildman–Crippen MR) is 112 cm³/mol. The van der Waals surface area contributed by atoms with Gasteiger partial charge < -0.3 is 14.8 Å². The smallest absolute Gasteiger partial charge is 0.262 e. The molecule has 0 aliphatic heterocycles. The second kappa shape index (κ2) is 8.61. The average Bonchev–Trinajstić information content (AvgIpc) is 2.67. The molecule has 0 saturated carbocycles. The molecule has 3 aromatic rings. The second-order valence-corrected chi connectivity index (χ2v) is 7.55. The van der Waals surface area contributed by atoms with E-state index >= 15 is 0 Å². The van der Waals surface area contributed by atoms with Gasteiger partial charge in [-0.1, -0.05) is 57.2 Å². The molecule has 0 atom stereocenters. The zero-order valence-corrected chi connectivity index (χ0v) is 16.4. The summed E-state index contributed by atoms with van der Waals surface area (Å²) >= 11 is 0. The van der Waals surface area contributed by atoms with E-state index in [0.29, 0.717) is 11.5 Å². The molecule has 4 nitrogen and oxygen atoms in total. The largest absolute Gasteiger partial charge is 0.484 e. The molecular formula is C24H25NO3. The number of anilines is 1. The number of hydrogen-bond acceptors (Lipinski definition) is 3. The number of hydrogen-bond donors (Lipinski definition) is 1. The summed E-state index contributed by atoms with van der Waals surface area (Å²) in [4.78, 5) is 12.2. The first kappa shape index (κ1) is 19.5. The topological polar surface area (TPSA) is 47.6 Å². The molecule has 1 N–H and O–H groups in total. The molecule has 0 aromatic heterocycles. The molecule has 3 rings (SSSR count). The third-order valence-electron chi connectivity index (χ3n) is 4.19. The maximum absolute atomic E-state index is 12.2. The van der Waals surface area contributed by atoms with Gasteiger partial charge >= 0.3 is 0 Å². The quantitative estimate of drug-likeness (QED) is 0.593. The van der Waals surface area contributed by atoms with Crippen LogP contribution in [-0.4, -0.2) is 12.5 Å². The summed E-state index contributed by atoms with van der Waals surface area (Å²) in [7, 11) is 0. The lowest BCUT2D eigenvalue weighted by molar-refractivity contribution is -0.118. The normalized spacial score (nSPS) is 11.0. The van der Waals surface area contributed by atoms with Crippen LogP contribution >= 0.6 is 0 Å². The molecule has 0 saturated heterocycles. The van der Waals surface area contributed by atoms with Crippen molar-refractivity contribution >= 4 is 11.6 Å². The Morgan fingerprint density at radius 2 is 1.46 bits per heavy atom. The van der Waals surface area contributed by atoms with Crippen molar-refractivity contribution in [2.24, 2.45) is 0 Å².